The Morgan fingerprint density at radius 2 is 1.90 bits per heavy atom. The number of aromatic carboxylic acids is 1. The lowest BCUT2D eigenvalue weighted by Gasteiger charge is -2.09. The summed E-state index contributed by atoms with van der Waals surface area (Å²) < 4.78 is 1.42. The zero-order valence-corrected chi connectivity index (χ0v) is 11.7. The molecule has 0 amide bonds. The number of nitriles is 1. The van der Waals surface area contributed by atoms with Crippen LogP contribution in [0.15, 0.2) is 30.3 Å². The Bertz CT molecular complexity index is 752. The van der Waals surface area contributed by atoms with Gasteiger partial charge in [-0.25, -0.2) is 0 Å². The molecule has 0 N–H and O–H groups in total. The molecule has 1 aromatic heterocycles. The summed E-state index contributed by atoms with van der Waals surface area (Å²) in [4.78, 5) is 23.9. The van der Waals surface area contributed by atoms with E-state index in [9.17, 15) is 20.0 Å². The summed E-state index contributed by atoms with van der Waals surface area (Å²) in [6.07, 6.45) is 0. The van der Waals surface area contributed by atoms with Gasteiger partial charge in [-0.1, -0.05) is 30.3 Å². The molecule has 1 aromatic carbocycles. The molecule has 5 nitrogen and oxygen atoms in total. The largest absolute Gasteiger partial charge is 0.543 e. The number of carbonyl (C=O) groups excluding carboxylic acids is 2. The number of aromatic nitrogens is 1. The van der Waals surface area contributed by atoms with E-state index < -0.39 is 5.97 Å². The molecule has 1 heterocycles. The quantitative estimate of drug-likeness (QED) is 0.790. The Morgan fingerprint density at radius 3 is 2.38 bits per heavy atom. The highest BCUT2D eigenvalue weighted by Gasteiger charge is 2.25. The molecule has 0 atom stereocenters. The summed E-state index contributed by atoms with van der Waals surface area (Å²) in [5.74, 6) is -1.82. The lowest BCUT2D eigenvalue weighted by molar-refractivity contribution is -0.255. The van der Waals surface area contributed by atoms with Crippen molar-refractivity contribution in [3.63, 3.8) is 0 Å². The zero-order valence-electron chi connectivity index (χ0n) is 11.7. The highest BCUT2D eigenvalue weighted by molar-refractivity contribution is 6.12. The van der Waals surface area contributed by atoms with Gasteiger partial charge in [0.15, 0.2) is 5.78 Å². The lowest BCUT2D eigenvalue weighted by atomic mass is 9.99. The minimum atomic E-state index is -1.45. The van der Waals surface area contributed by atoms with Gasteiger partial charge in [0.2, 0.25) is 0 Å². The molecule has 0 aliphatic rings. The lowest BCUT2D eigenvalue weighted by Crippen LogP contribution is -2.26. The van der Waals surface area contributed by atoms with Crippen molar-refractivity contribution >= 4 is 11.8 Å². The molecule has 0 saturated heterocycles. The average molecular weight is 281 g/mol. The van der Waals surface area contributed by atoms with Crippen LogP contribution in [0.5, 0.6) is 0 Å². The maximum atomic E-state index is 12.6. The Balaban J connectivity index is 2.73. The molecular weight excluding hydrogens is 268 g/mol. The maximum absolute atomic E-state index is 12.6. The van der Waals surface area contributed by atoms with Crippen LogP contribution in [0.3, 0.4) is 0 Å². The molecule has 106 valence electrons. The van der Waals surface area contributed by atoms with Crippen molar-refractivity contribution in [1.82, 2.24) is 4.57 Å². The minimum Gasteiger partial charge on any atom is -0.543 e. The molecule has 0 radical (unpaired) electrons. The number of rotatable bonds is 4. The van der Waals surface area contributed by atoms with Gasteiger partial charge in [0, 0.05) is 17.8 Å². The molecule has 0 fully saturated rings. The highest BCUT2D eigenvalue weighted by Crippen LogP contribution is 2.25. The van der Waals surface area contributed by atoms with Crippen molar-refractivity contribution in [3.05, 3.63) is 58.4 Å². The molecule has 0 spiro atoms. The third-order valence-corrected chi connectivity index (χ3v) is 3.41. The number of hydrogen-bond acceptors (Lipinski definition) is 4. The van der Waals surface area contributed by atoms with Gasteiger partial charge in [-0.05, 0) is 13.8 Å². The van der Waals surface area contributed by atoms with Gasteiger partial charge < -0.3 is 14.5 Å². The van der Waals surface area contributed by atoms with E-state index in [4.69, 9.17) is 0 Å². The monoisotopic (exact) mass is 281 g/mol. The van der Waals surface area contributed by atoms with E-state index in [0.717, 1.165) is 0 Å². The van der Waals surface area contributed by atoms with Crippen molar-refractivity contribution in [2.24, 2.45) is 0 Å². The van der Waals surface area contributed by atoms with Crippen LogP contribution >= 0.6 is 0 Å². The van der Waals surface area contributed by atoms with Crippen LogP contribution in [-0.2, 0) is 6.54 Å². The molecule has 0 aliphatic heterocycles. The second kappa shape index (κ2) is 5.63. The second-order valence-corrected chi connectivity index (χ2v) is 4.52. The van der Waals surface area contributed by atoms with Gasteiger partial charge in [-0.15, -0.1) is 0 Å². The van der Waals surface area contributed by atoms with E-state index >= 15 is 0 Å². The molecule has 0 unspecified atom stereocenters. The van der Waals surface area contributed by atoms with Crippen molar-refractivity contribution < 1.29 is 14.7 Å². The fourth-order valence-corrected chi connectivity index (χ4v) is 2.47. The van der Waals surface area contributed by atoms with Gasteiger partial charge in [-0.3, -0.25) is 4.79 Å². The van der Waals surface area contributed by atoms with Crippen LogP contribution in [0.1, 0.15) is 44.6 Å². The molecule has 2 aromatic rings. The Hall–Kier alpha value is -2.87. The van der Waals surface area contributed by atoms with Gasteiger partial charge in [0.05, 0.1) is 22.8 Å². The number of carboxylic acid groups (broad SMARTS) is 1. The van der Waals surface area contributed by atoms with E-state index in [2.05, 4.69) is 0 Å². The van der Waals surface area contributed by atoms with E-state index in [1.807, 2.05) is 6.07 Å². The predicted molar refractivity (Wildman–Crippen MR) is 73.8 cm³/mol. The third-order valence-electron chi connectivity index (χ3n) is 3.41. The van der Waals surface area contributed by atoms with Crippen LogP contribution in [0.2, 0.25) is 0 Å². The summed E-state index contributed by atoms with van der Waals surface area (Å²) in [7, 11) is 0. The fraction of sp³-hybridized carbons (Fsp3) is 0.188. The van der Waals surface area contributed by atoms with Gasteiger partial charge in [0.1, 0.15) is 6.07 Å². The van der Waals surface area contributed by atoms with E-state index in [1.54, 1.807) is 44.2 Å². The highest BCUT2D eigenvalue weighted by atomic mass is 16.4. The predicted octanol–water partition coefficient (Wildman–Crippen LogP) is 1.28. The molecule has 21 heavy (non-hydrogen) atoms. The van der Waals surface area contributed by atoms with Crippen molar-refractivity contribution in [2.75, 3.05) is 0 Å². The summed E-state index contributed by atoms with van der Waals surface area (Å²) in [6.45, 7) is 3.72. The number of hydrogen-bond donors (Lipinski definition) is 0. The van der Waals surface area contributed by atoms with E-state index in [1.165, 1.54) is 4.57 Å². The van der Waals surface area contributed by atoms with Gasteiger partial charge in [0.25, 0.3) is 0 Å². The first-order chi connectivity index (χ1) is 10.0. The van der Waals surface area contributed by atoms with Crippen molar-refractivity contribution in [1.29, 1.82) is 5.26 Å². The normalized spacial score (nSPS) is 10.1. The van der Waals surface area contributed by atoms with Crippen LogP contribution in [0.25, 0.3) is 0 Å². The van der Waals surface area contributed by atoms with Crippen molar-refractivity contribution in [3.8, 4) is 6.07 Å². The smallest absolute Gasteiger partial charge is 0.196 e. The Morgan fingerprint density at radius 1 is 1.29 bits per heavy atom. The van der Waals surface area contributed by atoms with E-state index in [-0.39, 0.29) is 22.6 Å². The first kappa shape index (κ1) is 14.5. The summed E-state index contributed by atoms with van der Waals surface area (Å²) in [6, 6.07) is 10.3. The number of nitrogens with zero attached hydrogens (tertiary/aromatic N) is 2. The first-order valence-electron chi connectivity index (χ1n) is 6.47. The average Bonchev–Trinajstić information content (AvgIpc) is 2.79. The standard InChI is InChI=1S/C16H14N2O3/c1-3-18-10(2)13(12(9-17)14(18)16(20)21)15(19)11-7-5-4-6-8-11/h4-8H,3H2,1-2H3,(H,20,21)/p-1. The van der Waals surface area contributed by atoms with Crippen LogP contribution in [0.4, 0.5) is 0 Å². The minimum absolute atomic E-state index is 0.129. The number of carbonyl (C=O) groups is 2. The Labute approximate surface area is 122 Å². The second-order valence-electron chi connectivity index (χ2n) is 4.52. The van der Waals surface area contributed by atoms with Crippen LogP contribution < -0.4 is 5.11 Å². The molecule has 2 rings (SSSR count). The molecule has 0 saturated carbocycles. The number of carboxylic acids is 1. The SMILES string of the molecule is CCn1c(C)c(C(=O)c2ccccc2)c(C#N)c1C(=O)[O-]. The van der Waals surface area contributed by atoms with Crippen molar-refractivity contribution in [2.45, 2.75) is 20.4 Å². The number of ketones is 1. The molecule has 5 heteroatoms. The number of benzene rings is 1. The Kier molecular flexibility index (Phi) is 3.90. The van der Waals surface area contributed by atoms with E-state index in [0.29, 0.717) is 17.8 Å². The summed E-state index contributed by atoms with van der Waals surface area (Å²) in [5, 5.41) is 20.6. The summed E-state index contributed by atoms with van der Waals surface area (Å²) >= 11 is 0. The van der Waals surface area contributed by atoms with Gasteiger partial charge >= 0.3 is 0 Å². The third kappa shape index (κ3) is 2.32. The molecule has 0 bridgehead atoms. The van der Waals surface area contributed by atoms with Gasteiger partial charge in [-0.2, -0.15) is 5.26 Å². The fourth-order valence-electron chi connectivity index (χ4n) is 2.47. The van der Waals surface area contributed by atoms with Crippen LogP contribution in [-0.4, -0.2) is 16.3 Å². The first-order valence-corrected chi connectivity index (χ1v) is 6.47. The summed E-state index contributed by atoms with van der Waals surface area (Å²) in [5.41, 5.74) is 0.627. The molecular formula is C16H13N2O3-. The topological polar surface area (TPSA) is 85.9 Å². The zero-order chi connectivity index (χ0) is 15.6. The maximum Gasteiger partial charge on any atom is 0.196 e. The molecule has 0 aliphatic carbocycles. The van der Waals surface area contributed by atoms with Crippen LogP contribution in [0, 0.1) is 18.3 Å².